The largest absolute Gasteiger partial charge is 0.473 e. The van der Waals surface area contributed by atoms with E-state index in [4.69, 9.17) is 16.3 Å². The first-order valence-electron chi connectivity index (χ1n) is 7.21. The fourth-order valence-corrected chi connectivity index (χ4v) is 2.11. The summed E-state index contributed by atoms with van der Waals surface area (Å²) in [7, 11) is 0. The molecule has 0 saturated carbocycles. The quantitative estimate of drug-likeness (QED) is 0.837. The van der Waals surface area contributed by atoms with Crippen LogP contribution in [0.15, 0.2) is 30.3 Å². The molecule has 1 N–H and O–H groups in total. The lowest BCUT2D eigenvalue weighted by Crippen LogP contribution is -2.06. The van der Waals surface area contributed by atoms with Crippen LogP contribution in [0.2, 0.25) is 5.02 Å². The van der Waals surface area contributed by atoms with Crippen molar-refractivity contribution in [2.24, 2.45) is 0 Å². The Morgan fingerprint density at radius 3 is 2.71 bits per heavy atom. The number of hydrogen-bond acceptors (Lipinski definition) is 4. The van der Waals surface area contributed by atoms with Crippen molar-refractivity contribution in [3.63, 3.8) is 0 Å². The maximum Gasteiger partial charge on any atom is 0.219 e. The van der Waals surface area contributed by atoms with Crippen LogP contribution in [-0.4, -0.2) is 16.5 Å². The molecule has 0 fully saturated rings. The molecule has 0 amide bonds. The van der Waals surface area contributed by atoms with Gasteiger partial charge in [0.2, 0.25) is 5.88 Å². The van der Waals surface area contributed by atoms with Crippen molar-refractivity contribution in [3.8, 4) is 5.88 Å². The zero-order valence-electron chi connectivity index (χ0n) is 12.4. The first-order valence-corrected chi connectivity index (χ1v) is 7.58. The Morgan fingerprint density at radius 1 is 1.19 bits per heavy atom. The van der Waals surface area contributed by atoms with Crippen molar-refractivity contribution in [1.82, 2.24) is 9.97 Å². The average Bonchev–Trinajstić information content (AvgIpc) is 2.47. The van der Waals surface area contributed by atoms with Crippen LogP contribution in [0.4, 0.5) is 5.82 Å². The van der Waals surface area contributed by atoms with Gasteiger partial charge in [-0.3, -0.25) is 0 Å². The molecule has 112 valence electrons. The molecule has 1 aromatic carbocycles. The average molecular weight is 306 g/mol. The number of ether oxygens (including phenoxy) is 1. The number of nitrogens with zero attached hydrogens (tertiary/aromatic N) is 2. The SMILES string of the molecule is CCCc1nc(NCC)cc(OCc2ccccc2Cl)n1. The second-order valence-electron chi connectivity index (χ2n) is 4.67. The molecule has 21 heavy (non-hydrogen) atoms. The van der Waals surface area contributed by atoms with Gasteiger partial charge in [0.15, 0.2) is 0 Å². The number of benzene rings is 1. The number of halogens is 1. The van der Waals surface area contributed by atoms with E-state index < -0.39 is 0 Å². The minimum Gasteiger partial charge on any atom is -0.473 e. The number of aromatic nitrogens is 2. The fraction of sp³-hybridized carbons (Fsp3) is 0.375. The van der Waals surface area contributed by atoms with Crippen molar-refractivity contribution >= 4 is 17.4 Å². The highest BCUT2D eigenvalue weighted by atomic mass is 35.5. The molecule has 0 unspecified atom stereocenters. The first-order chi connectivity index (χ1) is 10.2. The summed E-state index contributed by atoms with van der Waals surface area (Å²) in [5, 5.41) is 3.90. The summed E-state index contributed by atoms with van der Waals surface area (Å²) in [6, 6.07) is 9.46. The zero-order chi connectivity index (χ0) is 15.1. The molecule has 0 radical (unpaired) electrons. The van der Waals surface area contributed by atoms with Gasteiger partial charge in [0.1, 0.15) is 18.2 Å². The van der Waals surface area contributed by atoms with E-state index in [1.165, 1.54) is 0 Å². The third kappa shape index (κ3) is 4.60. The van der Waals surface area contributed by atoms with E-state index in [9.17, 15) is 0 Å². The van der Waals surface area contributed by atoms with Crippen molar-refractivity contribution in [1.29, 1.82) is 0 Å². The molecule has 0 bridgehead atoms. The minimum absolute atomic E-state index is 0.397. The molecule has 0 spiro atoms. The molecular weight excluding hydrogens is 286 g/mol. The molecule has 1 aromatic heterocycles. The molecule has 0 aliphatic carbocycles. The van der Waals surface area contributed by atoms with Gasteiger partial charge in [-0.1, -0.05) is 36.7 Å². The highest BCUT2D eigenvalue weighted by Crippen LogP contribution is 2.19. The number of anilines is 1. The van der Waals surface area contributed by atoms with Gasteiger partial charge >= 0.3 is 0 Å². The normalized spacial score (nSPS) is 10.4. The van der Waals surface area contributed by atoms with E-state index in [1.54, 1.807) is 0 Å². The maximum absolute atomic E-state index is 6.13. The summed E-state index contributed by atoms with van der Waals surface area (Å²) in [4.78, 5) is 8.89. The van der Waals surface area contributed by atoms with Gasteiger partial charge in [0.05, 0.1) is 0 Å². The third-order valence-electron chi connectivity index (χ3n) is 2.91. The van der Waals surface area contributed by atoms with E-state index in [0.717, 1.165) is 36.6 Å². The summed E-state index contributed by atoms with van der Waals surface area (Å²) in [6.07, 6.45) is 1.83. The Kier molecular flexibility index (Phi) is 5.81. The molecule has 1 heterocycles. The summed E-state index contributed by atoms with van der Waals surface area (Å²) in [6.45, 7) is 5.35. The van der Waals surface area contributed by atoms with Crippen LogP contribution >= 0.6 is 11.6 Å². The van der Waals surface area contributed by atoms with Gasteiger partial charge in [0, 0.05) is 29.6 Å². The second-order valence-corrected chi connectivity index (χ2v) is 5.08. The second kappa shape index (κ2) is 7.84. The number of nitrogens with one attached hydrogen (secondary N) is 1. The van der Waals surface area contributed by atoms with E-state index in [0.29, 0.717) is 17.5 Å². The minimum atomic E-state index is 0.397. The van der Waals surface area contributed by atoms with Crippen LogP contribution in [0, 0.1) is 0 Å². The summed E-state index contributed by atoms with van der Waals surface area (Å²) in [5.41, 5.74) is 0.944. The zero-order valence-corrected chi connectivity index (χ0v) is 13.2. The first kappa shape index (κ1) is 15.6. The summed E-state index contributed by atoms with van der Waals surface area (Å²) in [5.74, 6) is 2.17. The number of rotatable bonds is 7. The van der Waals surface area contributed by atoms with Crippen LogP contribution < -0.4 is 10.1 Å². The van der Waals surface area contributed by atoms with Gasteiger partial charge in [-0.25, -0.2) is 4.98 Å². The van der Waals surface area contributed by atoms with Gasteiger partial charge in [0.25, 0.3) is 0 Å². The Bertz CT molecular complexity index is 565. The van der Waals surface area contributed by atoms with E-state index in [-0.39, 0.29) is 0 Å². The molecule has 0 aliphatic heterocycles. The van der Waals surface area contributed by atoms with Gasteiger partial charge in [-0.05, 0) is 19.4 Å². The molecular formula is C16H20ClN3O. The van der Waals surface area contributed by atoms with Crippen LogP contribution in [0.1, 0.15) is 31.7 Å². The highest BCUT2D eigenvalue weighted by Gasteiger charge is 2.06. The molecule has 0 atom stereocenters. The van der Waals surface area contributed by atoms with Crippen molar-refractivity contribution in [3.05, 3.63) is 46.7 Å². The topological polar surface area (TPSA) is 47.0 Å². The van der Waals surface area contributed by atoms with Crippen LogP contribution in [-0.2, 0) is 13.0 Å². The van der Waals surface area contributed by atoms with E-state index in [2.05, 4.69) is 22.2 Å². The Balaban J connectivity index is 2.13. The molecule has 0 aliphatic rings. The van der Waals surface area contributed by atoms with Gasteiger partial charge in [-0.2, -0.15) is 4.98 Å². The van der Waals surface area contributed by atoms with Gasteiger partial charge in [-0.15, -0.1) is 0 Å². The summed E-state index contributed by atoms with van der Waals surface area (Å²) >= 11 is 6.13. The Labute approximate surface area is 130 Å². The van der Waals surface area contributed by atoms with E-state index in [1.807, 2.05) is 37.3 Å². The molecule has 2 rings (SSSR count). The molecule has 2 aromatic rings. The molecule has 0 saturated heterocycles. The van der Waals surface area contributed by atoms with Crippen LogP contribution in [0.5, 0.6) is 5.88 Å². The lowest BCUT2D eigenvalue weighted by molar-refractivity contribution is 0.292. The Hall–Kier alpha value is -1.81. The van der Waals surface area contributed by atoms with Crippen LogP contribution in [0.3, 0.4) is 0 Å². The monoisotopic (exact) mass is 305 g/mol. The number of hydrogen-bond donors (Lipinski definition) is 1. The lowest BCUT2D eigenvalue weighted by atomic mass is 10.2. The van der Waals surface area contributed by atoms with Crippen LogP contribution in [0.25, 0.3) is 0 Å². The molecule has 5 heteroatoms. The number of aryl methyl sites for hydroxylation is 1. The standard InChI is InChI=1S/C16H20ClN3O/c1-3-7-14-19-15(18-4-2)10-16(20-14)21-11-12-8-5-6-9-13(12)17/h5-6,8-10H,3-4,7,11H2,1-2H3,(H,18,19,20). The van der Waals surface area contributed by atoms with Gasteiger partial charge < -0.3 is 10.1 Å². The highest BCUT2D eigenvalue weighted by molar-refractivity contribution is 6.31. The molecule has 4 nitrogen and oxygen atoms in total. The Morgan fingerprint density at radius 2 is 2.00 bits per heavy atom. The predicted octanol–water partition coefficient (Wildman–Crippen LogP) is 4.09. The third-order valence-corrected chi connectivity index (χ3v) is 3.28. The summed E-state index contributed by atoms with van der Waals surface area (Å²) < 4.78 is 5.77. The van der Waals surface area contributed by atoms with E-state index >= 15 is 0 Å². The lowest BCUT2D eigenvalue weighted by Gasteiger charge is -2.10. The van der Waals surface area contributed by atoms with Crippen molar-refractivity contribution in [2.45, 2.75) is 33.3 Å². The fourth-order valence-electron chi connectivity index (χ4n) is 1.92. The predicted molar refractivity (Wildman–Crippen MR) is 86.0 cm³/mol. The van der Waals surface area contributed by atoms with Crippen molar-refractivity contribution in [2.75, 3.05) is 11.9 Å². The van der Waals surface area contributed by atoms with Crippen molar-refractivity contribution < 1.29 is 4.74 Å². The maximum atomic E-state index is 6.13. The smallest absolute Gasteiger partial charge is 0.219 e.